The van der Waals surface area contributed by atoms with Crippen LogP contribution in [0.5, 0.6) is 0 Å². The molecule has 4 rings (SSSR count). The Morgan fingerprint density at radius 2 is 1.97 bits per heavy atom. The van der Waals surface area contributed by atoms with Crippen molar-refractivity contribution in [2.24, 2.45) is 7.05 Å². The molecule has 1 atom stereocenters. The van der Waals surface area contributed by atoms with Gasteiger partial charge in [0.1, 0.15) is 11.6 Å². The first kappa shape index (κ1) is 20.4. The quantitative estimate of drug-likeness (QED) is 0.498. The van der Waals surface area contributed by atoms with Crippen LogP contribution >= 0.6 is 23.4 Å². The molecule has 7 heteroatoms. The number of hydrogen-bond donors (Lipinski definition) is 0. The number of thioether (sulfide) groups is 1. The molecule has 3 aromatic rings. The average molecular weight is 431 g/mol. The third-order valence-corrected chi connectivity index (χ3v) is 6.84. The second kappa shape index (κ2) is 9.28. The van der Waals surface area contributed by atoms with Gasteiger partial charge in [-0.05, 0) is 37.1 Å². The lowest BCUT2D eigenvalue weighted by Crippen LogP contribution is -2.35. The van der Waals surface area contributed by atoms with E-state index in [-0.39, 0.29) is 11.7 Å². The molecule has 0 bridgehead atoms. The summed E-state index contributed by atoms with van der Waals surface area (Å²) in [5, 5.41) is 10.3. The number of nitrogens with zero attached hydrogens (tertiary/aromatic N) is 4. The highest BCUT2D eigenvalue weighted by Gasteiger charge is 2.27. The predicted octanol–water partition coefficient (Wildman–Crippen LogP) is 5.28. The van der Waals surface area contributed by atoms with Gasteiger partial charge in [-0.15, -0.1) is 10.2 Å². The molecular weight excluding hydrogens is 407 g/mol. The molecule has 4 nitrogen and oxygen atoms in total. The SMILES string of the molecule is Cn1c(SCc2ccccc2)nnc1[C@H]1CCCN(Cc2c(F)cccc2Cl)C1. The maximum Gasteiger partial charge on any atom is 0.191 e. The van der Waals surface area contributed by atoms with E-state index < -0.39 is 0 Å². The van der Waals surface area contributed by atoms with Crippen LogP contribution in [0.25, 0.3) is 0 Å². The maximum absolute atomic E-state index is 14.2. The highest BCUT2D eigenvalue weighted by Crippen LogP contribution is 2.30. The first-order valence-corrected chi connectivity index (χ1v) is 11.2. The van der Waals surface area contributed by atoms with E-state index >= 15 is 0 Å². The monoisotopic (exact) mass is 430 g/mol. The van der Waals surface area contributed by atoms with Crippen molar-refractivity contribution in [1.82, 2.24) is 19.7 Å². The summed E-state index contributed by atoms with van der Waals surface area (Å²) in [6, 6.07) is 15.2. The first-order valence-electron chi connectivity index (χ1n) is 9.83. The highest BCUT2D eigenvalue weighted by atomic mass is 35.5. The molecule has 1 saturated heterocycles. The van der Waals surface area contributed by atoms with Crippen molar-refractivity contribution >= 4 is 23.4 Å². The maximum atomic E-state index is 14.2. The van der Waals surface area contributed by atoms with Crippen molar-refractivity contribution in [2.45, 2.75) is 36.2 Å². The van der Waals surface area contributed by atoms with Crippen LogP contribution in [0.2, 0.25) is 5.02 Å². The minimum atomic E-state index is -0.238. The largest absolute Gasteiger partial charge is 0.309 e. The number of piperidine rings is 1. The van der Waals surface area contributed by atoms with E-state index in [1.807, 2.05) is 13.1 Å². The van der Waals surface area contributed by atoms with Crippen LogP contribution in [0.15, 0.2) is 53.7 Å². The van der Waals surface area contributed by atoms with Crippen LogP contribution in [-0.4, -0.2) is 32.8 Å². The molecule has 152 valence electrons. The molecule has 1 aromatic heterocycles. The van der Waals surface area contributed by atoms with Crippen molar-refractivity contribution in [1.29, 1.82) is 0 Å². The van der Waals surface area contributed by atoms with Crippen LogP contribution in [0.1, 0.15) is 35.7 Å². The fourth-order valence-corrected chi connectivity index (χ4v) is 4.94. The minimum absolute atomic E-state index is 0.238. The van der Waals surface area contributed by atoms with Crippen LogP contribution < -0.4 is 0 Å². The van der Waals surface area contributed by atoms with Gasteiger partial charge in [0.25, 0.3) is 0 Å². The van der Waals surface area contributed by atoms with Gasteiger partial charge >= 0.3 is 0 Å². The summed E-state index contributed by atoms with van der Waals surface area (Å²) in [6.45, 7) is 2.30. The molecule has 1 fully saturated rings. The molecule has 0 radical (unpaired) electrons. The molecule has 0 unspecified atom stereocenters. The molecule has 29 heavy (non-hydrogen) atoms. The van der Waals surface area contributed by atoms with Crippen molar-refractivity contribution in [3.63, 3.8) is 0 Å². The van der Waals surface area contributed by atoms with Gasteiger partial charge in [-0.1, -0.05) is 59.8 Å². The molecule has 0 spiro atoms. The number of rotatable bonds is 6. The second-order valence-electron chi connectivity index (χ2n) is 7.45. The van der Waals surface area contributed by atoms with Crippen molar-refractivity contribution < 1.29 is 4.39 Å². The number of aromatic nitrogens is 3. The van der Waals surface area contributed by atoms with E-state index in [0.717, 1.165) is 42.7 Å². The van der Waals surface area contributed by atoms with Crippen LogP contribution in [0, 0.1) is 5.82 Å². The molecule has 0 saturated carbocycles. The zero-order valence-electron chi connectivity index (χ0n) is 16.4. The van der Waals surface area contributed by atoms with E-state index in [1.54, 1.807) is 23.9 Å². The lowest BCUT2D eigenvalue weighted by Gasteiger charge is -2.32. The summed E-state index contributed by atoms with van der Waals surface area (Å²) in [5.41, 5.74) is 1.85. The molecule has 1 aliphatic heterocycles. The van der Waals surface area contributed by atoms with E-state index in [0.29, 0.717) is 17.1 Å². The van der Waals surface area contributed by atoms with Crippen LogP contribution in [-0.2, 0) is 19.3 Å². The highest BCUT2D eigenvalue weighted by molar-refractivity contribution is 7.98. The van der Waals surface area contributed by atoms with E-state index in [4.69, 9.17) is 11.6 Å². The van der Waals surface area contributed by atoms with Crippen molar-refractivity contribution in [2.75, 3.05) is 13.1 Å². The number of halogens is 2. The third kappa shape index (κ3) is 4.82. The summed E-state index contributed by atoms with van der Waals surface area (Å²) >= 11 is 7.92. The van der Waals surface area contributed by atoms with Gasteiger partial charge in [0.15, 0.2) is 5.16 Å². The van der Waals surface area contributed by atoms with Crippen molar-refractivity contribution in [3.05, 3.63) is 76.3 Å². The predicted molar refractivity (Wildman–Crippen MR) is 116 cm³/mol. The Hall–Kier alpha value is -1.89. The van der Waals surface area contributed by atoms with Gasteiger partial charge in [0, 0.05) is 42.4 Å². The number of benzene rings is 2. The van der Waals surface area contributed by atoms with Gasteiger partial charge in [-0.2, -0.15) is 0 Å². The van der Waals surface area contributed by atoms with Gasteiger partial charge < -0.3 is 4.57 Å². The Labute approximate surface area is 180 Å². The fraction of sp³-hybridized carbons (Fsp3) is 0.364. The zero-order valence-corrected chi connectivity index (χ0v) is 18.0. The summed E-state index contributed by atoms with van der Waals surface area (Å²) in [6.07, 6.45) is 2.12. The first-order chi connectivity index (χ1) is 14.1. The standard InChI is InChI=1S/C22H24ClFN4S/c1-27-21(25-26-22(27)29-15-16-7-3-2-4-8-16)17-9-6-12-28(13-17)14-18-19(23)10-5-11-20(18)24/h2-5,7-8,10-11,17H,6,9,12-15H2,1H3/t17-/m0/s1. The van der Waals surface area contributed by atoms with Crippen LogP contribution in [0.4, 0.5) is 4.39 Å². The van der Waals surface area contributed by atoms with E-state index in [9.17, 15) is 4.39 Å². The molecule has 1 aliphatic rings. The Kier molecular flexibility index (Phi) is 6.53. The Morgan fingerprint density at radius 3 is 2.76 bits per heavy atom. The molecule has 0 aliphatic carbocycles. The lowest BCUT2D eigenvalue weighted by molar-refractivity contribution is 0.193. The normalized spacial score (nSPS) is 17.6. The smallest absolute Gasteiger partial charge is 0.191 e. The number of hydrogen-bond acceptors (Lipinski definition) is 4. The minimum Gasteiger partial charge on any atom is -0.309 e. The van der Waals surface area contributed by atoms with Gasteiger partial charge in [-0.25, -0.2) is 4.39 Å². The summed E-state index contributed by atoms with van der Waals surface area (Å²) in [5.74, 6) is 1.93. The average Bonchev–Trinajstić information content (AvgIpc) is 3.11. The number of likely N-dealkylation sites (tertiary alicyclic amines) is 1. The molecule has 0 N–H and O–H groups in total. The van der Waals surface area contributed by atoms with Gasteiger partial charge in [-0.3, -0.25) is 4.90 Å². The van der Waals surface area contributed by atoms with E-state index in [1.165, 1.54) is 11.6 Å². The topological polar surface area (TPSA) is 34.0 Å². The van der Waals surface area contributed by atoms with Crippen molar-refractivity contribution in [3.8, 4) is 0 Å². The Balaban J connectivity index is 1.42. The Morgan fingerprint density at radius 1 is 1.14 bits per heavy atom. The fourth-order valence-electron chi connectivity index (χ4n) is 3.85. The van der Waals surface area contributed by atoms with E-state index in [2.05, 4.69) is 43.9 Å². The summed E-state index contributed by atoms with van der Waals surface area (Å²) in [4.78, 5) is 2.27. The van der Waals surface area contributed by atoms with Crippen LogP contribution in [0.3, 0.4) is 0 Å². The van der Waals surface area contributed by atoms with Gasteiger partial charge in [0.2, 0.25) is 0 Å². The third-order valence-electron chi connectivity index (χ3n) is 5.39. The summed E-state index contributed by atoms with van der Waals surface area (Å²) in [7, 11) is 2.04. The zero-order chi connectivity index (χ0) is 20.2. The second-order valence-corrected chi connectivity index (χ2v) is 8.80. The molecule has 2 aromatic carbocycles. The Bertz CT molecular complexity index is 942. The molecular formula is C22H24ClFN4S. The molecule has 2 heterocycles. The summed E-state index contributed by atoms with van der Waals surface area (Å²) < 4.78 is 16.3. The molecule has 0 amide bonds. The van der Waals surface area contributed by atoms with Gasteiger partial charge in [0.05, 0.1) is 0 Å². The lowest BCUT2D eigenvalue weighted by atomic mass is 9.96.